The summed E-state index contributed by atoms with van der Waals surface area (Å²) in [6.45, 7) is 7.58. The molecule has 3 heteroatoms. The van der Waals surface area contributed by atoms with Crippen LogP contribution in [0.5, 0.6) is 0 Å². The molecule has 2 unspecified atom stereocenters. The first kappa shape index (κ1) is 8.48. The van der Waals surface area contributed by atoms with E-state index in [2.05, 4.69) is 32.7 Å². The molecule has 2 fully saturated rings. The molecule has 70 valence electrons. The summed E-state index contributed by atoms with van der Waals surface area (Å²) in [6, 6.07) is 0. The van der Waals surface area contributed by atoms with E-state index in [1.54, 1.807) is 0 Å². The summed E-state index contributed by atoms with van der Waals surface area (Å²) in [4.78, 5) is 2.23. The third-order valence-electron chi connectivity index (χ3n) is 2.58. The summed E-state index contributed by atoms with van der Waals surface area (Å²) >= 11 is 0. The molecule has 0 aromatic rings. The van der Waals surface area contributed by atoms with Gasteiger partial charge in [0.15, 0.2) is 12.5 Å². The summed E-state index contributed by atoms with van der Waals surface area (Å²) < 4.78 is 11.1. The van der Waals surface area contributed by atoms with Crippen molar-refractivity contribution in [1.29, 1.82) is 0 Å². The van der Waals surface area contributed by atoms with E-state index in [1.165, 1.54) is 0 Å². The van der Waals surface area contributed by atoms with Crippen LogP contribution in [0.2, 0.25) is 0 Å². The third kappa shape index (κ3) is 1.37. The van der Waals surface area contributed by atoms with Gasteiger partial charge in [0.05, 0.1) is 6.10 Å². The Balaban J connectivity index is 2.01. The molecule has 0 saturated carbocycles. The highest BCUT2D eigenvalue weighted by Crippen LogP contribution is 2.37. The number of epoxide rings is 1. The number of hydrogen-bond acceptors (Lipinski definition) is 3. The van der Waals surface area contributed by atoms with Crippen molar-refractivity contribution in [1.82, 2.24) is 4.90 Å². The molecule has 0 aromatic carbocycles. The smallest absolute Gasteiger partial charge is 0.200 e. The van der Waals surface area contributed by atoms with E-state index >= 15 is 0 Å². The van der Waals surface area contributed by atoms with Gasteiger partial charge in [-0.1, -0.05) is 20.8 Å². The predicted molar refractivity (Wildman–Crippen MR) is 45.6 cm³/mol. The highest BCUT2D eigenvalue weighted by Gasteiger charge is 2.51. The van der Waals surface area contributed by atoms with Crippen LogP contribution in [0.25, 0.3) is 0 Å². The first-order valence-electron chi connectivity index (χ1n) is 4.49. The molecule has 2 aliphatic rings. The lowest BCUT2D eigenvalue weighted by Crippen LogP contribution is -2.46. The van der Waals surface area contributed by atoms with Gasteiger partial charge in [-0.2, -0.15) is 0 Å². The largest absolute Gasteiger partial charge is 0.343 e. The van der Waals surface area contributed by atoms with E-state index in [4.69, 9.17) is 9.47 Å². The average Bonchev–Trinajstić information content (AvgIpc) is 2.63. The fraction of sp³-hybridized carbons (Fsp3) is 1.00. The van der Waals surface area contributed by atoms with E-state index in [9.17, 15) is 0 Å². The maximum atomic E-state index is 5.73. The van der Waals surface area contributed by atoms with Crippen LogP contribution in [0.4, 0.5) is 0 Å². The van der Waals surface area contributed by atoms with Gasteiger partial charge in [-0.25, -0.2) is 0 Å². The number of nitrogens with zero attached hydrogens (tertiary/aromatic N) is 1. The fourth-order valence-corrected chi connectivity index (χ4v) is 1.55. The van der Waals surface area contributed by atoms with Gasteiger partial charge in [-0.15, -0.1) is 0 Å². The van der Waals surface area contributed by atoms with Gasteiger partial charge in [0.2, 0.25) is 0 Å². The Bertz CT molecular complexity index is 187. The van der Waals surface area contributed by atoms with Crippen LogP contribution in [0, 0.1) is 5.41 Å². The van der Waals surface area contributed by atoms with Gasteiger partial charge < -0.3 is 9.47 Å². The van der Waals surface area contributed by atoms with Crippen LogP contribution >= 0.6 is 0 Å². The number of likely N-dealkylation sites (N-methyl/N-ethyl adjacent to an activating group) is 1. The molecule has 2 rings (SSSR count). The van der Waals surface area contributed by atoms with Crippen molar-refractivity contribution in [3.8, 4) is 0 Å². The lowest BCUT2D eigenvalue weighted by molar-refractivity contribution is -0.0895. The Morgan fingerprint density at radius 2 is 1.92 bits per heavy atom. The van der Waals surface area contributed by atoms with E-state index in [-0.39, 0.29) is 17.9 Å². The van der Waals surface area contributed by atoms with Crippen molar-refractivity contribution in [2.24, 2.45) is 5.41 Å². The summed E-state index contributed by atoms with van der Waals surface area (Å²) in [5, 5.41) is 0. The van der Waals surface area contributed by atoms with Gasteiger partial charge in [-0.3, -0.25) is 4.90 Å². The summed E-state index contributed by atoms with van der Waals surface area (Å²) in [5.74, 6) is 0. The molecule has 0 aliphatic carbocycles. The van der Waals surface area contributed by atoms with Gasteiger partial charge in [0.1, 0.15) is 0 Å². The minimum absolute atomic E-state index is 0.0491. The minimum Gasteiger partial charge on any atom is -0.343 e. The quantitative estimate of drug-likeness (QED) is 0.509. The fourth-order valence-electron chi connectivity index (χ4n) is 1.55. The molecule has 0 amide bonds. The van der Waals surface area contributed by atoms with Crippen LogP contribution in [-0.2, 0) is 9.47 Å². The maximum absolute atomic E-state index is 5.73. The van der Waals surface area contributed by atoms with Crippen LogP contribution in [0.3, 0.4) is 0 Å². The molecular formula is C9H17NO2. The van der Waals surface area contributed by atoms with Gasteiger partial charge >= 0.3 is 0 Å². The molecule has 0 spiro atoms. The zero-order chi connectivity index (χ0) is 8.93. The number of fused-ring (bicyclic) bond motifs is 1. The van der Waals surface area contributed by atoms with E-state index in [0.29, 0.717) is 6.10 Å². The summed E-state index contributed by atoms with van der Waals surface area (Å²) in [7, 11) is 2.09. The number of hydrogen-bond donors (Lipinski definition) is 0. The Morgan fingerprint density at radius 3 is 2.42 bits per heavy atom. The molecule has 2 saturated heterocycles. The summed E-state index contributed by atoms with van der Waals surface area (Å²) in [5.41, 5.74) is 0.213. The zero-order valence-corrected chi connectivity index (χ0v) is 8.20. The zero-order valence-electron chi connectivity index (χ0n) is 8.20. The highest BCUT2D eigenvalue weighted by molar-refractivity contribution is 4.89. The molecule has 0 aromatic heterocycles. The van der Waals surface area contributed by atoms with Gasteiger partial charge in [0, 0.05) is 6.54 Å². The molecule has 0 N–H and O–H groups in total. The standard InChI is InChI=1S/C9H17NO2/c1-9(2,3)6-5-10(4)7-8(11-6)12-7/h6-8H,5H2,1-4H3/t6-,7?,8?/m1/s1. The Morgan fingerprint density at radius 1 is 1.25 bits per heavy atom. The van der Waals surface area contributed by atoms with Crippen LogP contribution < -0.4 is 0 Å². The van der Waals surface area contributed by atoms with Crippen LogP contribution in [-0.4, -0.2) is 37.1 Å². The molecular weight excluding hydrogens is 154 g/mol. The molecule has 3 atom stereocenters. The first-order chi connectivity index (χ1) is 5.48. The van der Waals surface area contributed by atoms with Crippen molar-refractivity contribution in [2.75, 3.05) is 13.6 Å². The van der Waals surface area contributed by atoms with E-state index < -0.39 is 0 Å². The van der Waals surface area contributed by atoms with Crippen molar-refractivity contribution in [3.05, 3.63) is 0 Å². The molecule has 2 heterocycles. The van der Waals surface area contributed by atoms with Gasteiger partial charge in [0.25, 0.3) is 0 Å². The van der Waals surface area contributed by atoms with Crippen molar-refractivity contribution < 1.29 is 9.47 Å². The molecule has 3 nitrogen and oxygen atoms in total. The highest BCUT2D eigenvalue weighted by atomic mass is 16.8. The first-order valence-corrected chi connectivity index (χ1v) is 4.49. The van der Waals surface area contributed by atoms with E-state index in [0.717, 1.165) is 6.54 Å². The number of morpholine rings is 1. The van der Waals surface area contributed by atoms with Crippen molar-refractivity contribution >= 4 is 0 Å². The predicted octanol–water partition coefficient (Wildman–Crippen LogP) is 1.05. The summed E-state index contributed by atoms with van der Waals surface area (Å²) in [6.07, 6.45) is 0.586. The van der Waals surface area contributed by atoms with Gasteiger partial charge in [-0.05, 0) is 12.5 Å². The Kier molecular flexibility index (Phi) is 1.72. The maximum Gasteiger partial charge on any atom is 0.200 e. The SMILES string of the molecule is CN1C[C@H](C(C)(C)C)OC2OC21. The molecule has 12 heavy (non-hydrogen) atoms. The average molecular weight is 171 g/mol. The topological polar surface area (TPSA) is 25.0 Å². The van der Waals surface area contributed by atoms with Crippen molar-refractivity contribution in [2.45, 2.75) is 39.4 Å². The molecule has 0 bridgehead atoms. The Hall–Kier alpha value is -0.120. The minimum atomic E-state index is 0.0491. The second-order valence-electron chi connectivity index (χ2n) is 4.83. The van der Waals surface area contributed by atoms with Crippen LogP contribution in [0.1, 0.15) is 20.8 Å². The second-order valence-corrected chi connectivity index (χ2v) is 4.83. The Labute approximate surface area is 73.6 Å². The monoisotopic (exact) mass is 171 g/mol. The third-order valence-corrected chi connectivity index (χ3v) is 2.58. The number of rotatable bonds is 0. The van der Waals surface area contributed by atoms with E-state index in [1.807, 2.05) is 0 Å². The lowest BCUT2D eigenvalue weighted by atomic mass is 9.88. The van der Waals surface area contributed by atoms with Crippen molar-refractivity contribution in [3.63, 3.8) is 0 Å². The number of ether oxygens (including phenoxy) is 2. The molecule has 0 radical (unpaired) electrons. The second kappa shape index (κ2) is 2.44. The van der Waals surface area contributed by atoms with Crippen LogP contribution in [0.15, 0.2) is 0 Å². The molecule has 2 aliphatic heterocycles. The normalized spacial score (nSPS) is 42.5. The lowest BCUT2D eigenvalue weighted by Gasteiger charge is -2.35.